The van der Waals surface area contributed by atoms with Crippen molar-refractivity contribution in [2.24, 2.45) is 0 Å². The minimum absolute atomic E-state index is 0.112. The first-order chi connectivity index (χ1) is 8.91. The van der Waals surface area contributed by atoms with E-state index in [4.69, 9.17) is 23.2 Å². The maximum absolute atomic E-state index is 10.5. The molecule has 0 aliphatic carbocycles. The number of halogens is 2. The molecule has 1 aromatic carbocycles. The number of aryl methyl sites for hydroxylation is 1. The minimum atomic E-state index is -0.884. The van der Waals surface area contributed by atoms with Gasteiger partial charge in [0.25, 0.3) is 0 Å². The van der Waals surface area contributed by atoms with Crippen molar-refractivity contribution in [3.8, 4) is 0 Å². The molecule has 0 bridgehead atoms. The fraction of sp³-hybridized carbons (Fsp3) is 0.357. The van der Waals surface area contributed by atoms with Gasteiger partial charge in [-0.25, -0.2) is 0 Å². The predicted octanol–water partition coefficient (Wildman–Crippen LogP) is 4.16. The summed E-state index contributed by atoms with van der Waals surface area (Å²) in [4.78, 5) is 0. The molecule has 0 spiro atoms. The van der Waals surface area contributed by atoms with E-state index in [2.05, 4.69) is 5.10 Å². The Kier molecular flexibility index (Phi) is 4.19. The largest absolute Gasteiger partial charge is 0.382 e. The zero-order valence-corrected chi connectivity index (χ0v) is 12.6. The van der Waals surface area contributed by atoms with Crippen LogP contribution in [0.2, 0.25) is 10.0 Å². The van der Waals surface area contributed by atoms with Crippen LogP contribution in [0.4, 0.5) is 0 Å². The van der Waals surface area contributed by atoms with Gasteiger partial charge < -0.3 is 5.11 Å². The van der Waals surface area contributed by atoms with Crippen molar-refractivity contribution in [2.75, 3.05) is 0 Å². The maximum atomic E-state index is 10.5. The summed E-state index contributed by atoms with van der Waals surface area (Å²) in [5.41, 5.74) is 2.25. The Hall–Kier alpha value is -1.03. The number of hydrogen-bond donors (Lipinski definition) is 1. The topological polar surface area (TPSA) is 38.1 Å². The van der Waals surface area contributed by atoms with E-state index in [9.17, 15) is 5.11 Å². The Morgan fingerprint density at radius 3 is 2.47 bits per heavy atom. The number of benzene rings is 1. The van der Waals surface area contributed by atoms with Crippen LogP contribution in [0.1, 0.15) is 42.8 Å². The lowest BCUT2D eigenvalue weighted by Crippen LogP contribution is -2.13. The molecular formula is C14H16Cl2N2O. The SMILES string of the molecule is Cc1ccc(C(O)c2c(Cl)cnn2C(C)C)c(Cl)c1. The second-order valence-electron chi connectivity index (χ2n) is 4.84. The second kappa shape index (κ2) is 5.53. The first kappa shape index (κ1) is 14.4. The lowest BCUT2D eigenvalue weighted by atomic mass is 10.0. The van der Waals surface area contributed by atoms with Gasteiger partial charge in [0.1, 0.15) is 6.10 Å². The van der Waals surface area contributed by atoms with Gasteiger partial charge in [0.2, 0.25) is 0 Å². The van der Waals surface area contributed by atoms with E-state index in [1.165, 1.54) is 0 Å². The fourth-order valence-electron chi connectivity index (χ4n) is 2.02. The zero-order valence-electron chi connectivity index (χ0n) is 11.1. The Labute approximate surface area is 122 Å². The van der Waals surface area contributed by atoms with Crippen molar-refractivity contribution in [2.45, 2.75) is 32.9 Å². The zero-order chi connectivity index (χ0) is 14.2. The van der Waals surface area contributed by atoms with Crippen molar-refractivity contribution in [3.63, 3.8) is 0 Å². The number of aliphatic hydroxyl groups excluding tert-OH is 1. The van der Waals surface area contributed by atoms with Crippen LogP contribution in [-0.2, 0) is 0 Å². The van der Waals surface area contributed by atoms with Crippen LogP contribution in [0.25, 0.3) is 0 Å². The van der Waals surface area contributed by atoms with E-state index >= 15 is 0 Å². The van der Waals surface area contributed by atoms with Gasteiger partial charge in [-0.05, 0) is 32.4 Å². The molecule has 0 fully saturated rings. The molecule has 0 aliphatic heterocycles. The number of aliphatic hydroxyl groups is 1. The molecule has 0 saturated heterocycles. The molecule has 1 atom stereocenters. The maximum Gasteiger partial charge on any atom is 0.124 e. The molecule has 0 amide bonds. The van der Waals surface area contributed by atoms with Crippen LogP contribution in [-0.4, -0.2) is 14.9 Å². The van der Waals surface area contributed by atoms with Crippen LogP contribution >= 0.6 is 23.2 Å². The van der Waals surface area contributed by atoms with E-state index in [1.54, 1.807) is 10.9 Å². The molecule has 102 valence electrons. The van der Waals surface area contributed by atoms with Gasteiger partial charge in [0.05, 0.1) is 16.9 Å². The third kappa shape index (κ3) is 2.78. The number of aromatic nitrogens is 2. The highest BCUT2D eigenvalue weighted by atomic mass is 35.5. The van der Waals surface area contributed by atoms with E-state index in [1.807, 2.05) is 39.0 Å². The van der Waals surface area contributed by atoms with Crippen LogP contribution in [0, 0.1) is 6.92 Å². The Bertz CT molecular complexity index is 593. The van der Waals surface area contributed by atoms with Crippen LogP contribution < -0.4 is 0 Å². The molecule has 1 aromatic heterocycles. The lowest BCUT2D eigenvalue weighted by molar-refractivity contribution is 0.205. The van der Waals surface area contributed by atoms with Gasteiger partial charge in [-0.3, -0.25) is 4.68 Å². The van der Waals surface area contributed by atoms with Crippen molar-refractivity contribution >= 4 is 23.2 Å². The highest BCUT2D eigenvalue weighted by Gasteiger charge is 2.23. The average molecular weight is 299 g/mol. The molecule has 3 nitrogen and oxygen atoms in total. The van der Waals surface area contributed by atoms with Gasteiger partial charge in [-0.2, -0.15) is 5.10 Å². The molecule has 1 N–H and O–H groups in total. The molecule has 2 aromatic rings. The molecule has 0 saturated carbocycles. The fourth-order valence-corrected chi connectivity index (χ4v) is 2.59. The predicted molar refractivity (Wildman–Crippen MR) is 77.9 cm³/mol. The summed E-state index contributed by atoms with van der Waals surface area (Å²) >= 11 is 12.3. The summed E-state index contributed by atoms with van der Waals surface area (Å²) in [7, 11) is 0. The summed E-state index contributed by atoms with van der Waals surface area (Å²) in [5, 5.41) is 15.7. The third-order valence-electron chi connectivity index (χ3n) is 2.99. The smallest absolute Gasteiger partial charge is 0.124 e. The summed E-state index contributed by atoms with van der Waals surface area (Å²) in [6, 6.07) is 5.66. The minimum Gasteiger partial charge on any atom is -0.382 e. The molecule has 0 radical (unpaired) electrons. The van der Waals surface area contributed by atoms with E-state index in [0.29, 0.717) is 21.3 Å². The summed E-state index contributed by atoms with van der Waals surface area (Å²) in [5.74, 6) is 0. The van der Waals surface area contributed by atoms with Crippen molar-refractivity contribution in [1.82, 2.24) is 9.78 Å². The van der Waals surface area contributed by atoms with E-state index in [-0.39, 0.29) is 6.04 Å². The van der Waals surface area contributed by atoms with Gasteiger partial charge in [0, 0.05) is 16.6 Å². The summed E-state index contributed by atoms with van der Waals surface area (Å²) in [6.07, 6.45) is 0.660. The second-order valence-corrected chi connectivity index (χ2v) is 5.66. The van der Waals surface area contributed by atoms with Gasteiger partial charge in [-0.15, -0.1) is 0 Å². The lowest BCUT2D eigenvalue weighted by Gasteiger charge is -2.18. The molecule has 19 heavy (non-hydrogen) atoms. The molecule has 0 aliphatic rings. The first-order valence-electron chi connectivity index (χ1n) is 6.08. The monoisotopic (exact) mass is 298 g/mol. The molecular weight excluding hydrogens is 283 g/mol. The van der Waals surface area contributed by atoms with Crippen molar-refractivity contribution < 1.29 is 5.11 Å². The van der Waals surface area contributed by atoms with Gasteiger partial charge in [-0.1, -0.05) is 35.3 Å². The van der Waals surface area contributed by atoms with E-state index < -0.39 is 6.10 Å². The highest BCUT2D eigenvalue weighted by Crippen LogP contribution is 2.33. The molecule has 1 unspecified atom stereocenters. The standard InChI is InChI=1S/C14H16Cl2N2O/c1-8(2)18-13(12(16)7-17-18)14(19)10-5-4-9(3)6-11(10)15/h4-8,14,19H,1-3H3. The normalized spacial score (nSPS) is 13.0. The molecule has 2 rings (SSSR count). The van der Waals surface area contributed by atoms with Gasteiger partial charge >= 0.3 is 0 Å². The number of rotatable bonds is 3. The van der Waals surface area contributed by atoms with Crippen LogP contribution in [0.3, 0.4) is 0 Å². The Morgan fingerprint density at radius 1 is 1.21 bits per heavy atom. The Morgan fingerprint density at radius 2 is 1.89 bits per heavy atom. The van der Waals surface area contributed by atoms with E-state index in [0.717, 1.165) is 5.56 Å². The molecule has 1 heterocycles. The summed E-state index contributed by atoms with van der Waals surface area (Å²) < 4.78 is 1.71. The Balaban J connectivity index is 2.49. The molecule has 5 heteroatoms. The third-order valence-corrected chi connectivity index (χ3v) is 3.60. The van der Waals surface area contributed by atoms with Crippen LogP contribution in [0.15, 0.2) is 24.4 Å². The summed E-state index contributed by atoms with van der Waals surface area (Å²) in [6.45, 7) is 5.92. The quantitative estimate of drug-likeness (QED) is 0.924. The van der Waals surface area contributed by atoms with Crippen molar-refractivity contribution in [3.05, 3.63) is 51.3 Å². The highest BCUT2D eigenvalue weighted by molar-refractivity contribution is 6.32. The number of hydrogen-bond acceptors (Lipinski definition) is 2. The number of nitrogens with zero attached hydrogens (tertiary/aromatic N) is 2. The average Bonchev–Trinajstić information content (AvgIpc) is 2.70. The van der Waals surface area contributed by atoms with Crippen LogP contribution in [0.5, 0.6) is 0 Å². The van der Waals surface area contributed by atoms with Gasteiger partial charge in [0.15, 0.2) is 0 Å². The first-order valence-corrected chi connectivity index (χ1v) is 6.84. The van der Waals surface area contributed by atoms with Crippen molar-refractivity contribution in [1.29, 1.82) is 0 Å².